The predicted molar refractivity (Wildman–Crippen MR) is 119 cm³/mol. The second kappa shape index (κ2) is 10.8. The summed E-state index contributed by atoms with van der Waals surface area (Å²) in [6.45, 7) is 3.60. The summed E-state index contributed by atoms with van der Waals surface area (Å²) < 4.78 is 33.7. The van der Waals surface area contributed by atoms with Crippen LogP contribution in [0.3, 0.4) is 0 Å². The van der Waals surface area contributed by atoms with Gasteiger partial charge in [-0.3, -0.25) is 0 Å². The summed E-state index contributed by atoms with van der Waals surface area (Å²) in [4.78, 5) is 12.0. The SMILES string of the molecule is CCCCOC(=O)NCC1CCC(CNS(=O)(=O)c2cccc3ccccc23)CC1. The number of hydrogen-bond acceptors (Lipinski definition) is 4. The Bertz CT molecular complexity index is 932. The number of sulfonamides is 1. The monoisotopic (exact) mass is 432 g/mol. The quantitative estimate of drug-likeness (QED) is 0.573. The lowest BCUT2D eigenvalue weighted by Crippen LogP contribution is -2.35. The largest absolute Gasteiger partial charge is 0.450 e. The molecule has 0 aliphatic heterocycles. The second-order valence-corrected chi connectivity index (χ2v) is 9.82. The van der Waals surface area contributed by atoms with Crippen molar-refractivity contribution in [2.45, 2.75) is 50.3 Å². The van der Waals surface area contributed by atoms with Crippen LogP contribution in [0.15, 0.2) is 47.4 Å². The van der Waals surface area contributed by atoms with Crippen molar-refractivity contribution in [2.24, 2.45) is 11.8 Å². The third-order valence-electron chi connectivity index (χ3n) is 5.83. The Balaban J connectivity index is 1.44. The molecule has 7 heteroatoms. The van der Waals surface area contributed by atoms with Crippen LogP contribution >= 0.6 is 0 Å². The number of ether oxygens (including phenoxy) is 1. The smallest absolute Gasteiger partial charge is 0.407 e. The average Bonchev–Trinajstić information content (AvgIpc) is 2.77. The predicted octanol–water partition coefficient (Wildman–Crippen LogP) is 4.45. The maximum atomic E-state index is 12.9. The van der Waals surface area contributed by atoms with Crippen molar-refractivity contribution in [1.82, 2.24) is 10.0 Å². The Morgan fingerprint density at radius 3 is 2.40 bits per heavy atom. The van der Waals surface area contributed by atoms with Gasteiger partial charge in [0.15, 0.2) is 0 Å². The molecule has 0 heterocycles. The molecule has 1 aliphatic rings. The van der Waals surface area contributed by atoms with Gasteiger partial charge in [-0.05, 0) is 55.4 Å². The van der Waals surface area contributed by atoms with E-state index in [1.807, 2.05) is 30.3 Å². The molecule has 2 aromatic rings. The summed E-state index contributed by atoms with van der Waals surface area (Å²) in [5.74, 6) is 0.747. The van der Waals surface area contributed by atoms with E-state index in [1.165, 1.54) is 0 Å². The maximum absolute atomic E-state index is 12.9. The van der Waals surface area contributed by atoms with E-state index in [-0.39, 0.29) is 6.09 Å². The van der Waals surface area contributed by atoms with E-state index < -0.39 is 10.0 Å². The second-order valence-electron chi connectivity index (χ2n) is 8.09. The first-order chi connectivity index (χ1) is 14.5. The van der Waals surface area contributed by atoms with Crippen LogP contribution in [-0.2, 0) is 14.8 Å². The van der Waals surface area contributed by atoms with Gasteiger partial charge in [0.25, 0.3) is 0 Å². The van der Waals surface area contributed by atoms with Crippen LogP contribution in [0.1, 0.15) is 45.4 Å². The van der Waals surface area contributed by atoms with Gasteiger partial charge in [0.1, 0.15) is 0 Å². The Kier molecular flexibility index (Phi) is 8.10. The molecule has 30 heavy (non-hydrogen) atoms. The van der Waals surface area contributed by atoms with E-state index in [0.717, 1.165) is 49.3 Å². The van der Waals surface area contributed by atoms with Crippen LogP contribution < -0.4 is 10.0 Å². The van der Waals surface area contributed by atoms with E-state index >= 15 is 0 Å². The van der Waals surface area contributed by atoms with E-state index in [4.69, 9.17) is 4.74 Å². The summed E-state index contributed by atoms with van der Waals surface area (Å²) in [6, 6.07) is 12.9. The van der Waals surface area contributed by atoms with Crippen molar-refractivity contribution < 1.29 is 17.9 Å². The zero-order valence-corrected chi connectivity index (χ0v) is 18.4. The molecule has 0 radical (unpaired) electrons. The number of alkyl carbamates (subject to hydrolysis) is 1. The lowest BCUT2D eigenvalue weighted by atomic mass is 9.82. The first kappa shape index (κ1) is 22.6. The third kappa shape index (κ3) is 6.19. The highest BCUT2D eigenvalue weighted by atomic mass is 32.2. The Labute approximate surface area is 179 Å². The highest BCUT2D eigenvalue weighted by molar-refractivity contribution is 7.89. The van der Waals surface area contributed by atoms with Gasteiger partial charge in [0.05, 0.1) is 11.5 Å². The van der Waals surface area contributed by atoms with Gasteiger partial charge in [-0.15, -0.1) is 0 Å². The maximum Gasteiger partial charge on any atom is 0.407 e. The van der Waals surface area contributed by atoms with E-state index in [0.29, 0.717) is 36.4 Å². The van der Waals surface area contributed by atoms with Gasteiger partial charge in [0.2, 0.25) is 10.0 Å². The van der Waals surface area contributed by atoms with Gasteiger partial charge >= 0.3 is 6.09 Å². The molecule has 164 valence electrons. The molecule has 6 nitrogen and oxygen atoms in total. The highest BCUT2D eigenvalue weighted by Gasteiger charge is 2.24. The average molecular weight is 433 g/mol. The van der Waals surface area contributed by atoms with Crippen molar-refractivity contribution in [3.8, 4) is 0 Å². The number of amides is 1. The molecule has 0 saturated heterocycles. The van der Waals surface area contributed by atoms with Gasteiger partial charge in [-0.1, -0.05) is 49.7 Å². The van der Waals surface area contributed by atoms with Crippen LogP contribution in [0.2, 0.25) is 0 Å². The molecule has 1 saturated carbocycles. The van der Waals surface area contributed by atoms with E-state index in [9.17, 15) is 13.2 Å². The van der Waals surface area contributed by atoms with Gasteiger partial charge < -0.3 is 10.1 Å². The highest BCUT2D eigenvalue weighted by Crippen LogP contribution is 2.29. The number of fused-ring (bicyclic) bond motifs is 1. The van der Waals surface area contributed by atoms with Crippen LogP contribution in [-0.4, -0.2) is 34.2 Å². The van der Waals surface area contributed by atoms with Crippen LogP contribution in [0.25, 0.3) is 10.8 Å². The zero-order valence-electron chi connectivity index (χ0n) is 17.6. The van der Waals surface area contributed by atoms with Crippen molar-refractivity contribution in [2.75, 3.05) is 19.7 Å². The summed E-state index contributed by atoms with van der Waals surface area (Å²) in [5, 5.41) is 4.51. The van der Waals surface area contributed by atoms with Gasteiger partial charge in [-0.25, -0.2) is 17.9 Å². The summed E-state index contributed by atoms with van der Waals surface area (Å²) >= 11 is 0. The van der Waals surface area contributed by atoms with Crippen molar-refractivity contribution in [1.29, 1.82) is 0 Å². The molecule has 0 unspecified atom stereocenters. The molecule has 1 aliphatic carbocycles. The molecular weight excluding hydrogens is 400 g/mol. The van der Waals surface area contributed by atoms with Gasteiger partial charge in [-0.2, -0.15) is 0 Å². The number of nitrogens with one attached hydrogen (secondary N) is 2. The summed E-state index contributed by atoms with van der Waals surface area (Å²) in [6.07, 6.45) is 5.42. The molecule has 0 spiro atoms. The standard InChI is InChI=1S/C23H32N2O4S/c1-2-3-15-29-23(26)24-16-18-11-13-19(14-12-18)17-25-30(27,28)22-10-6-8-20-7-4-5-9-21(20)22/h4-10,18-19,25H,2-3,11-17H2,1H3,(H,24,26). The molecule has 3 rings (SSSR count). The number of hydrogen-bond donors (Lipinski definition) is 2. The van der Waals surface area contributed by atoms with Crippen molar-refractivity contribution in [3.63, 3.8) is 0 Å². The minimum Gasteiger partial charge on any atom is -0.450 e. The van der Waals surface area contributed by atoms with Crippen LogP contribution in [0.5, 0.6) is 0 Å². The molecule has 0 atom stereocenters. The Hall–Kier alpha value is -2.12. The summed E-state index contributed by atoms with van der Waals surface area (Å²) in [5.41, 5.74) is 0. The molecule has 2 N–H and O–H groups in total. The minimum atomic E-state index is -3.56. The number of rotatable bonds is 9. The number of carbonyl (C=O) groups is 1. The molecule has 1 fully saturated rings. The van der Waals surface area contributed by atoms with Gasteiger partial charge in [0, 0.05) is 18.5 Å². The topological polar surface area (TPSA) is 84.5 Å². The zero-order chi connectivity index (χ0) is 21.4. The number of unbranched alkanes of at least 4 members (excludes halogenated alkanes) is 1. The molecule has 0 aromatic heterocycles. The van der Waals surface area contributed by atoms with Crippen molar-refractivity contribution >= 4 is 26.9 Å². The van der Waals surface area contributed by atoms with Crippen LogP contribution in [0.4, 0.5) is 4.79 Å². The first-order valence-corrected chi connectivity index (χ1v) is 12.4. The lowest BCUT2D eigenvalue weighted by Gasteiger charge is -2.28. The summed E-state index contributed by atoms with van der Waals surface area (Å²) in [7, 11) is -3.56. The molecule has 2 aromatic carbocycles. The Morgan fingerprint density at radius 2 is 1.67 bits per heavy atom. The minimum absolute atomic E-state index is 0.322. The fourth-order valence-corrected chi connectivity index (χ4v) is 5.31. The fraction of sp³-hybridized carbons (Fsp3) is 0.522. The number of benzene rings is 2. The molecule has 0 bridgehead atoms. The van der Waals surface area contributed by atoms with E-state index in [2.05, 4.69) is 17.0 Å². The molecular formula is C23H32N2O4S. The fourth-order valence-electron chi connectivity index (χ4n) is 3.96. The number of carbonyl (C=O) groups excluding carboxylic acids is 1. The van der Waals surface area contributed by atoms with Crippen LogP contribution in [0, 0.1) is 11.8 Å². The molecule has 1 amide bonds. The Morgan fingerprint density at radius 1 is 1.00 bits per heavy atom. The van der Waals surface area contributed by atoms with E-state index in [1.54, 1.807) is 12.1 Å². The third-order valence-corrected chi connectivity index (χ3v) is 7.32. The normalized spacial score (nSPS) is 19.5. The lowest BCUT2D eigenvalue weighted by molar-refractivity contribution is 0.141. The van der Waals surface area contributed by atoms with Crippen molar-refractivity contribution in [3.05, 3.63) is 42.5 Å². The first-order valence-electron chi connectivity index (χ1n) is 10.9.